The number of amides is 4. The first-order chi connectivity index (χ1) is 26.0. The molecule has 14 heteroatoms. The molecule has 1 saturated heterocycles. The van der Waals surface area contributed by atoms with Crippen LogP contribution in [0.4, 0.5) is 21.0 Å². The highest BCUT2D eigenvalue weighted by atomic mass is 16.6. The van der Waals surface area contributed by atoms with E-state index in [0.29, 0.717) is 22.5 Å². The molecule has 0 aliphatic carbocycles. The van der Waals surface area contributed by atoms with Gasteiger partial charge in [0.25, 0.3) is 0 Å². The second-order valence-electron chi connectivity index (χ2n) is 13.0. The lowest BCUT2D eigenvalue weighted by molar-refractivity contribution is -0.126. The Morgan fingerprint density at radius 3 is 2.13 bits per heavy atom. The first kappa shape index (κ1) is 41.0. The van der Waals surface area contributed by atoms with Crippen LogP contribution in [-0.2, 0) is 37.0 Å². The van der Waals surface area contributed by atoms with Crippen LogP contribution in [-0.4, -0.2) is 74.3 Å². The standard InChI is InChI=1S/C33H34N4O8.C7H15NO/c1-20(2)30(37-33(42)44-18-22-7-5-4-6-8-22)31(40)34-17-28(38)35-24-11-9-23(10-12-24)19-43-32(41)36-25-13-14-26-21(3)15-29(39)45-27(26)16-25;1-2-3-8-4-6-9-7-5-8/h4-16,20,30H,17-19H2,1-3H3,(H,34,40)(H,35,38)(H,36,41)(H,37,42);2-7H2,1H3. The molecular weight excluding hydrogens is 694 g/mol. The predicted molar refractivity (Wildman–Crippen MR) is 205 cm³/mol. The lowest BCUT2D eigenvalue weighted by Gasteiger charge is -2.25. The zero-order valence-corrected chi connectivity index (χ0v) is 31.1. The first-order valence-corrected chi connectivity index (χ1v) is 17.9. The number of rotatable bonds is 13. The Balaban J connectivity index is 0.000000631. The Labute approximate surface area is 314 Å². The molecule has 4 N–H and O–H groups in total. The summed E-state index contributed by atoms with van der Waals surface area (Å²) in [6.07, 6.45) is -0.173. The summed E-state index contributed by atoms with van der Waals surface area (Å²) in [6.45, 7) is 12.6. The highest BCUT2D eigenvalue weighted by Crippen LogP contribution is 2.21. The van der Waals surface area contributed by atoms with E-state index in [-0.39, 0.29) is 25.7 Å². The van der Waals surface area contributed by atoms with Crippen LogP contribution in [0.3, 0.4) is 0 Å². The molecule has 288 valence electrons. The van der Waals surface area contributed by atoms with Crippen LogP contribution in [0.15, 0.2) is 88.1 Å². The van der Waals surface area contributed by atoms with Gasteiger partial charge in [-0.3, -0.25) is 19.8 Å². The van der Waals surface area contributed by atoms with Gasteiger partial charge in [0, 0.05) is 42.0 Å². The number of hydrogen-bond donors (Lipinski definition) is 4. The summed E-state index contributed by atoms with van der Waals surface area (Å²) in [5.74, 6) is -1.25. The van der Waals surface area contributed by atoms with Gasteiger partial charge in [-0.2, -0.15) is 0 Å². The van der Waals surface area contributed by atoms with Crippen LogP contribution in [0.25, 0.3) is 11.0 Å². The van der Waals surface area contributed by atoms with E-state index in [9.17, 15) is 24.0 Å². The monoisotopic (exact) mass is 743 g/mol. The molecular formula is C40H49N5O9. The molecule has 54 heavy (non-hydrogen) atoms. The molecule has 2 heterocycles. The molecule has 5 rings (SSSR count). The number of anilines is 2. The molecule has 1 unspecified atom stereocenters. The van der Waals surface area contributed by atoms with Gasteiger partial charge in [0.15, 0.2) is 0 Å². The molecule has 1 fully saturated rings. The van der Waals surface area contributed by atoms with Crippen molar-refractivity contribution in [2.75, 3.05) is 50.0 Å². The lowest BCUT2D eigenvalue weighted by atomic mass is 10.0. The van der Waals surface area contributed by atoms with Crippen molar-refractivity contribution in [2.45, 2.75) is 53.4 Å². The van der Waals surface area contributed by atoms with E-state index < -0.39 is 35.7 Å². The SMILES string of the molecule is CCCN1CCOCC1.Cc1cc(=O)oc2cc(NC(=O)OCc3ccc(NC(=O)CNC(=O)C(NC(=O)OCc4ccccc4)C(C)C)cc3)ccc12. The van der Waals surface area contributed by atoms with Crippen molar-refractivity contribution >= 4 is 46.3 Å². The zero-order valence-electron chi connectivity index (χ0n) is 31.1. The maximum atomic E-state index is 12.7. The van der Waals surface area contributed by atoms with Gasteiger partial charge in [0.05, 0.1) is 19.8 Å². The van der Waals surface area contributed by atoms with E-state index in [0.717, 1.165) is 42.8 Å². The van der Waals surface area contributed by atoms with Crippen molar-refractivity contribution in [3.8, 4) is 0 Å². The van der Waals surface area contributed by atoms with Gasteiger partial charge < -0.3 is 34.6 Å². The minimum Gasteiger partial charge on any atom is -0.445 e. The zero-order chi connectivity index (χ0) is 38.9. The lowest BCUT2D eigenvalue weighted by Crippen LogP contribution is -2.51. The maximum absolute atomic E-state index is 12.7. The number of ether oxygens (including phenoxy) is 3. The van der Waals surface area contributed by atoms with Crippen molar-refractivity contribution in [1.29, 1.82) is 0 Å². The molecule has 4 amide bonds. The average molecular weight is 744 g/mol. The Morgan fingerprint density at radius 2 is 1.46 bits per heavy atom. The Hall–Kier alpha value is -5.73. The van der Waals surface area contributed by atoms with Gasteiger partial charge in [0.2, 0.25) is 11.8 Å². The van der Waals surface area contributed by atoms with E-state index in [2.05, 4.69) is 33.1 Å². The fraction of sp³-hybridized carbons (Fsp3) is 0.375. The molecule has 0 radical (unpaired) electrons. The summed E-state index contributed by atoms with van der Waals surface area (Å²) in [5.41, 5.74) is 3.00. The number of hydrogen-bond acceptors (Lipinski definition) is 10. The van der Waals surface area contributed by atoms with Crippen LogP contribution in [0, 0.1) is 12.8 Å². The summed E-state index contributed by atoms with van der Waals surface area (Å²) >= 11 is 0. The normalized spacial score (nSPS) is 13.2. The van der Waals surface area contributed by atoms with Gasteiger partial charge in [-0.05, 0) is 66.8 Å². The summed E-state index contributed by atoms with van der Waals surface area (Å²) < 4.78 is 20.9. The van der Waals surface area contributed by atoms with Crippen LogP contribution in [0.1, 0.15) is 43.9 Å². The smallest absolute Gasteiger partial charge is 0.411 e. The number of morpholine rings is 1. The maximum Gasteiger partial charge on any atom is 0.411 e. The molecule has 4 aromatic rings. The quantitative estimate of drug-likeness (QED) is 0.126. The fourth-order valence-electron chi connectivity index (χ4n) is 5.44. The molecule has 1 atom stereocenters. The third kappa shape index (κ3) is 13.7. The first-order valence-electron chi connectivity index (χ1n) is 17.9. The number of nitrogens with one attached hydrogen (secondary N) is 4. The summed E-state index contributed by atoms with van der Waals surface area (Å²) in [6, 6.07) is 21.2. The number of fused-ring (bicyclic) bond motifs is 1. The van der Waals surface area contributed by atoms with Crippen molar-refractivity contribution in [2.24, 2.45) is 5.92 Å². The van der Waals surface area contributed by atoms with Crippen molar-refractivity contribution < 1.29 is 37.8 Å². The molecule has 3 aromatic carbocycles. The molecule has 14 nitrogen and oxygen atoms in total. The summed E-state index contributed by atoms with van der Waals surface area (Å²) in [4.78, 5) is 63.8. The van der Waals surface area contributed by atoms with Gasteiger partial charge in [-0.1, -0.05) is 63.2 Å². The Bertz CT molecular complexity index is 1890. The molecule has 1 aliphatic rings. The van der Waals surface area contributed by atoms with Gasteiger partial charge in [0.1, 0.15) is 24.8 Å². The van der Waals surface area contributed by atoms with Crippen molar-refractivity contribution in [3.05, 3.63) is 106 Å². The third-order valence-electron chi connectivity index (χ3n) is 8.31. The summed E-state index contributed by atoms with van der Waals surface area (Å²) in [5, 5.41) is 11.1. The molecule has 0 saturated carbocycles. The van der Waals surface area contributed by atoms with E-state index in [4.69, 9.17) is 18.6 Å². The number of nitrogens with zero attached hydrogens (tertiary/aromatic N) is 1. The van der Waals surface area contributed by atoms with Crippen LogP contribution in [0.2, 0.25) is 0 Å². The molecule has 1 aromatic heterocycles. The minimum absolute atomic E-state index is 0.0325. The second kappa shape index (κ2) is 21.1. The van der Waals surface area contributed by atoms with Crippen LogP contribution in [0.5, 0.6) is 0 Å². The van der Waals surface area contributed by atoms with Gasteiger partial charge in [-0.15, -0.1) is 0 Å². The number of carbonyl (C=O) groups is 4. The van der Waals surface area contributed by atoms with Gasteiger partial charge in [-0.25, -0.2) is 14.4 Å². The number of aryl methyl sites for hydroxylation is 1. The summed E-state index contributed by atoms with van der Waals surface area (Å²) in [7, 11) is 0. The molecule has 1 aliphatic heterocycles. The molecule has 0 bridgehead atoms. The predicted octanol–water partition coefficient (Wildman–Crippen LogP) is 5.58. The van der Waals surface area contributed by atoms with Gasteiger partial charge >= 0.3 is 17.8 Å². The van der Waals surface area contributed by atoms with Crippen molar-refractivity contribution in [3.63, 3.8) is 0 Å². The Kier molecular flexibility index (Phi) is 16.0. The number of carbonyl (C=O) groups excluding carboxylic acids is 4. The number of alkyl carbamates (subject to hydrolysis) is 1. The minimum atomic E-state index is -0.899. The topological polar surface area (TPSA) is 178 Å². The highest BCUT2D eigenvalue weighted by Gasteiger charge is 2.25. The van der Waals surface area contributed by atoms with E-state index in [1.165, 1.54) is 19.0 Å². The Morgan fingerprint density at radius 1 is 0.815 bits per heavy atom. The highest BCUT2D eigenvalue weighted by molar-refractivity contribution is 5.96. The second-order valence-corrected chi connectivity index (χ2v) is 13.0. The van der Waals surface area contributed by atoms with Crippen molar-refractivity contribution in [1.82, 2.24) is 15.5 Å². The third-order valence-corrected chi connectivity index (χ3v) is 8.31. The largest absolute Gasteiger partial charge is 0.445 e. The fourth-order valence-corrected chi connectivity index (χ4v) is 5.44. The average Bonchev–Trinajstić information content (AvgIpc) is 3.16. The van der Waals surface area contributed by atoms with E-state index in [1.54, 1.807) is 63.2 Å². The molecule has 0 spiro atoms. The van der Waals surface area contributed by atoms with E-state index in [1.807, 2.05) is 30.3 Å². The van der Waals surface area contributed by atoms with Crippen LogP contribution < -0.4 is 26.9 Å². The van der Waals surface area contributed by atoms with Crippen LogP contribution >= 0.6 is 0 Å². The number of benzene rings is 3. The van der Waals surface area contributed by atoms with E-state index >= 15 is 0 Å².